The number of morpholine rings is 1. The van der Waals surface area contributed by atoms with Crippen molar-refractivity contribution >= 4 is 18.3 Å². The summed E-state index contributed by atoms with van der Waals surface area (Å²) in [5.41, 5.74) is 0. The van der Waals surface area contributed by atoms with Gasteiger partial charge < -0.3 is 4.74 Å². The second-order valence-corrected chi connectivity index (χ2v) is 9.13. The molecular weight excluding hydrogens is 279 g/mol. The molecule has 0 saturated carbocycles. The molecule has 0 aromatic carbocycles. The van der Waals surface area contributed by atoms with Crippen LogP contribution in [0.15, 0.2) is 18.7 Å². The van der Waals surface area contributed by atoms with E-state index >= 15 is 0 Å². The number of hydrogen-bond donors (Lipinski definition) is 0. The van der Waals surface area contributed by atoms with E-state index in [1.165, 1.54) is 19.3 Å². The normalized spacial score (nSPS) is 26.1. The van der Waals surface area contributed by atoms with Gasteiger partial charge in [-0.3, -0.25) is 4.34 Å². The molecular formula is C12H21N4OPS. The van der Waals surface area contributed by atoms with E-state index in [4.69, 9.17) is 16.5 Å². The van der Waals surface area contributed by atoms with E-state index < -0.39 is 6.49 Å². The molecule has 2 fully saturated rings. The van der Waals surface area contributed by atoms with E-state index in [1.807, 2.05) is 18.7 Å². The number of nitrogens with zero attached hydrogens (tertiary/aromatic N) is 4. The highest BCUT2D eigenvalue weighted by Crippen LogP contribution is 2.55. The zero-order valence-corrected chi connectivity index (χ0v) is 12.9. The van der Waals surface area contributed by atoms with Gasteiger partial charge in [0.05, 0.1) is 13.2 Å². The molecule has 0 aliphatic carbocycles. The minimum Gasteiger partial charge on any atom is -0.379 e. The summed E-state index contributed by atoms with van der Waals surface area (Å²) in [5.74, 6) is 0. The first-order valence-electron chi connectivity index (χ1n) is 6.99. The van der Waals surface area contributed by atoms with Gasteiger partial charge in [-0.2, -0.15) is 0 Å². The van der Waals surface area contributed by atoms with Crippen LogP contribution in [-0.4, -0.2) is 58.1 Å². The Morgan fingerprint density at radius 2 is 1.68 bits per heavy atom. The molecule has 3 heterocycles. The van der Waals surface area contributed by atoms with Crippen molar-refractivity contribution in [2.75, 3.05) is 39.4 Å². The Hall–Kier alpha value is -0.260. The second-order valence-electron chi connectivity index (χ2n) is 5.04. The fourth-order valence-electron chi connectivity index (χ4n) is 2.83. The van der Waals surface area contributed by atoms with Gasteiger partial charge >= 0.3 is 0 Å². The predicted octanol–water partition coefficient (Wildman–Crippen LogP) is 1.77. The zero-order valence-electron chi connectivity index (χ0n) is 11.1. The molecule has 7 heteroatoms. The van der Waals surface area contributed by atoms with Crippen LogP contribution in [0, 0.1) is 0 Å². The van der Waals surface area contributed by atoms with Crippen LogP contribution in [-0.2, 0) is 16.5 Å². The summed E-state index contributed by atoms with van der Waals surface area (Å²) in [6.45, 7) is 3.79. The summed E-state index contributed by atoms with van der Waals surface area (Å²) < 4.78 is 12.6. The maximum atomic E-state index is 6.19. The van der Waals surface area contributed by atoms with Crippen LogP contribution in [0.4, 0.5) is 0 Å². The van der Waals surface area contributed by atoms with E-state index in [-0.39, 0.29) is 0 Å². The Balaban J connectivity index is 1.92. The molecule has 0 bridgehead atoms. The molecule has 5 nitrogen and oxygen atoms in total. The lowest BCUT2D eigenvalue weighted by atomic mass is 10.2. The Kier molecular flexibility index (Phi) is 4.34. The number of imidazole rings is 1. The number of rotatable bonds is 3. The minimum absolute atomic E-state index is 0.793. The average molecular weight is 300 g/mol. The van der Waals surface area contributed by atoms with Gasteiger partial charge in [-0.05, 0) is 24.6 Å². The van der Waals surface area contributed by atoms with Crippen LogP contribution < -0.4 is 0 Å². The summed E-state index contributed by atoms with van der Waals surface area (Å²) in [7, 11) is 0. The van der Waals surface area contributed by atoms with Crippen LogP contribution in [0.1, 0.15) is 19.3 Å². The maximum absolute atomic E-state index is 6.19. The van der Waals surface area contributed by atoms with Crippen molar-refractivity contribution in [1.29, 1.82) is 0 Å². The molecule has 2 aliphatic heterocycles. The summed E-state index contributed by atoms with van der Waals surface area (Å²) in [6, 6.07) is 0. The van der Waals surface area contributed by atoms with Crippen LogP contribution in [0.2, 0.25) is 0 Å². The molecule has 3 rings (SSSR count). The van der Waals surface area contributed by atoms with Crippen molar-refractivity contribution in [3.8, 4) is 0 Å². The summed E-state index contributed by atoms with van der Waals surface area (Å²) >= 11 is 6.19. The van der Waals surface area contributed by atoms with Gasteiger partial charge in [0.15, 0.2) is 6.49 Å². The van der Waals surface area contributed by atoms with Crippen molar-refractivity contribution < 1.29 is 4.74 Å². The number of piperidine rings is 1. The smallest absolute Gasteiger partial charge is 0.174 e. The SMILES string of the molecule is S=P(N1CCCCC1)(N1CCOCC1)n1ccnc1. The van der Waals surface area contributed by atoms with Crippen molar-refractivity contribution in [3.63, 3.8) is 0 Å². The van der Waals surface area contributed by atoms with Crippen molar-refractivity contribution in [3.05, 3.63) is 18.7 Å². The third kappa shape index (κ3) is 2.65. The van der Waals surface area contributed by atoms with Gasteiger partial charge in [0.1, 0.15) is 6.33 Å². The van der Waals surface area contributed by atoms with Crippen molar-refractivity contribution in [2.45, 2.75) is 19.3 Å². The van der Waals surface area contributed by atoms with Crippen LogP contribution in [0.25, 0.3) is 0 Å². The van der Waals surface area contributed by atoms with E-state index in [2.05, 4.69) is 18.7 Å². The van der Waals surface area contributed by atoms with E-state index in [0.29, 0.717) is 0 Å². The van der Waals surface area contributed by atoms with Crippen LogP contribution in [0.5, 0.6) is 0 Å². The third-order valence-electron chi connectivity index (χ3n) is 3.85. The van der Waals surface area contributed by atoms with Crippen molar-refractivity contribution in [2.24, 2.45) is 0 Å². The quantitative estimate of drug-likeness (QED) is 0.795. The van der Waals surface area contributed by atoms with Crippen molar-refractivity contribution in [1.82, 2.24) is 18.7 Å². The Morgan fingerprint density at radius 1 is 1.00 bits per heavy atom. The molecule has 0 N–H and O–H groups in total. The van der Waals surface area contributed by atoms with Crippen LogP contribution in [0.3, 0.4) is 0 Å². The molecule has 1 unspecified atom stereocenters. The van der Waals surface area contributed by atoms with Gasteiger partial charge in [-0.25, -0.2) is 14.3 Å². The highest BCUT2D eigenvalue weighted by molar-refractivity contribution is 8.11. The minimum atomic E-state index is -1.90. The molecule has 2 saturated heterocycles. The van der Waals surface area contributed by atoms with E-state index in [0.717, 1.165) is 39.4 Å². The van der Waals surface area contributed by atoms with Gasteiger partial charge in [0.25, 0.3) is 0 Å². The molecule has 19 heavy (non-hydrogen) atoms. The monoisotopic (exact) mass is 300 g/mol. The van der Waals surface area contributed by atoms with Gasteiger partial charge in [0.2, 0.25) is 0 Å². The molecule has 1 aromatic heterocycles. The molecule has 0 amide bonds. The predicted molar refractivity (Wildman–Crippen MR) is 79.7 cm³/mol. The zero-order chi connectivity index (χ0) is 13.1. The molecule has 0 radical (unpaired) electrons. The maximum Gasteiger partial charge on any atom is 0.174 e. The fourth-order valence-corrected chi connectivity index (χ4v) is 6.96. The highest BCUT2D eigenvalue weighted by atomic mass is 32.4. The van der Waals surface area contributed by atoms with Crippen LogP contribution >= 0.6 is 6.49 Å². The first kappa shape index (κ1) is 13.7. The molecule has 1 atom stereocenters. The lowest BCUT2D eigenvalue weighted by Crippen LogP contribution is -2.42. The van der Waals surface area contributed by atoms with Gasteiger partial charge in [-0.15, -0.1) is 0 Å². The number of ether oxygens (including phenoxy) is 1. The molecule has 0 spiro atoms. The largest absolute Gasteiger partial charge is 0.379 e. The van der Waals surface area contributed by atoms with E-state index in [9.17, 15) is 0 Å². The Bertz CT molecular complexity index is 419. The fraction of sp³-hybridized carbons (Fsp3) is 0.750. The highest BCUT2D eigenvalue weighted by Gasteiger charge is 2.35. The summed E-state index contributed by atoms with van der Waals surface area (Å²) in [4.78, 5) is 4.22. The van der Waals surface area contributed by atoms with Gasteiger partial charge in [-0.1, -0.05) is 6.42 Å². The second kappa shape index (κ2) is 6.02. The van der Waals surface area contributed by atoms with E-state index in [1.54, 1.807) is 0 Å². The lowest BCUT2D eigenvalue weighted by molar-refractivity contribution is 0.0712. The number of hydrogen-bond acceptors (Lipinski definition) is 3. The Labute approximate surface area is 119 Å². The summed E-state index contributed by atoms with van der Waals surface area (Å²) in [6.07, 6.45) is 9.62. The third-order valence-corrected chi connectivity index (χ3v) is 8.91. The first-order valence-corrected chi connectivity index (χ1v) is 9.65. The molecule has 106 valence electrons. The first-order chi connectivity index (χ1) is 9.32. The standard InChI is InChI=1S/C12H21N4OPS/c19-18(16-7-4-13-12-16,14-5-2-1-3-6-14)15-8-10-17-11-9-15/h4,7,12H,1-3,5-6,8-11H2. The summed E-state index contributed by atoms with van der Waals surface area (Å²) in [5, 5.41) is 0. The van der Waals surface area contributed by atoms with Gasteiger partial charge in [0, 0.05) is 38.6 Å². The Morgan fingerprint density at radius 3 is 2.32 bits per heavy atom. The lowest BCUT2D eigenvalue weighted by Gasteiger charge is -2.45. The average Bonchev–Trinajstić information content (AvgIpc) is 3.03. The topological polar surface area (TPSA) is 33.5 Å². The number of aromatic nitrogens is 2. The molecule has 2 aliphatic rings. The molecule has 1 aromatic rings.